The Morgan fingerprint density at radius 2 is 1.70 bits per heavy atom. The topological polar surface area (TPSA) is 61.3 Å². The van der Waals surface area contributed by atoms with Gasteiger partial charge in [-0.1, -0.05) is 6.42 Å². The highest BCUT2D eigenvalue weighted by molar-refractivity contribution is 5.29. The Morgan fingerprint density at radius 3 is 2.41 bits per heavy atom. The molecule has 2 aromatic rings. The third-order valence-corrected chi connectivity index (χ3v) is 6.19. The predicted molar refractivity (Wildman–Crippen MR) is 104 cm³/mol. The van der Waals surface area contributed by atoms with Crippen molar-refractivity contribution >= 4 is 5.95 Å². The van der Waals surface area contributed by atoms with Crippen LogP contribution in [0.1, 0.15) is 36.7 Å². The predicted octanol–water partition coefficient (Wildman–Crippen LogP) is 1.54. The number of piperazine rings is 1. The SMILES string of the molecule is c1cnc(N2CCN(C3CN(Cc4ccnc(C5CCC5)n4)C3)CC2)nc1. The Bertz CT molecular complexity index is 750. The second-order valence-corrected chi connectivity index (χ2v) is 7.95. The fraction of sp³-hybridized carbons (Fsp3) is 0.600. The first-order valence-corrected chi connectivity index (χ1v) is 10.2. The van der Waals surface area contributed by atoms with E-state index in [1.807, 2.05) is 24.7 Å². The summed E-state index contributed by atoms with van der Waals surface area (Å²) >= 11 is 0. The molecule has 2 aromatic heterocycles. The van der Waals surface area contributed by atoms with Crippen LogP contribution in [0, 0.1) is 0 Å². The van der Waals surface area contributed by atoms with E-state index >= 15 is 0 Å². The Kier molecular flexibility index (Phi) is 4.71. The molecule has 0 aromatic carbocycles. The largest absolute Gasteiger partial charge is 0.338 e. The molecule has 7 heteroatoms. The molecule has 2 aliphatic heterocycles. The molecule has 1 aliphatic carbocycles. The van der Waals surface area contributed by atoms with Crippen LogP contribution in [0.4, 0.5) is 5.95 Å². The van der Waals surface area contributed by atoms with Gasteiger partial charge >= 0.3 is 0 Å². The normalized spacial score (nSPS) is 22.4. The standard InChI is InChI=1S/C20H27N7/c1-3-16(4-1)19-21-8-5-17(24-19)13-25-14-18(15-25)26-9-11-27(12-10-26)20-22-6-2-7-23-20/h2,5-8,16,18H,1,3-4,9-15H2. The molecular formula is C20H27N7. The Morgan fingerprint density at radius 1 is 0.926 bits per heavy atom. The number of aromatic nitrogens is 4. The maximum atomic E-state index is 4.81. The van der Waals surface area contributed by atoms with Crippen LogP contribution >= 0.6 is 0 Å². The molecule has 0 N–H and O–H groups in total. The van der Waals surface area contributed by atoms with Gasteiger partial charge in [0, 0.05) is 76.4 Å². The maximum Gasteiger partial charge on any atom is 0.225 e. The minimum absolute atomic E-state index is 0.610. The van der Waals surface area contributed by atoms with E-state index < -0.39 is 0 Å². The average molecular weight is 365 g/mol. The lowest BCUT2D eigenvalue weighted by Gasteiger charge is -2.48. The van der Waals surface area contributed by atoms with Crippen LogP contribution in [-0.4, -0.2) is 75.0 Å². The van der Waals surface area contributed by atoms with Crippen LogP contribution in [0.5, 0.6) is 0 Å². The van der Waals surface area contributed by atoms with Gasteiger partial charge in [0.1, 0.15) is 5.82 Å². The zero-order valence-corrected chi connectivity index (χ0v) is 15.7. The summed E-state index contributed by atoms with van der Waals surface area (Å²) in [4.78, 5) is 25.4. The molecule has 2 saturated heterocycles. The van der Waals surface area contributed by atoms with Crippen molar-refractivity contribution in [3.63, 3.8) is 0 Å². The van der Waals surface area contributed by atoms with Crippen LogP contribution in [-0.2, 0) is 6.54 Å². The van der Waals surface area contributed by atoms with Gasteiger partial charge in [0.2, 0.25) is 5.95 Å². The molecule has 7 nitrogen and oxygen atoms in total. The minimum atomic E-state index is 0.610. The third-order valence-electron chi connectivity index (χ3n) is 6.19. The molecule has 1 saturated carbocycles. The van der Waals surface area contributed by atoms with Crippen LogP contribution < -0.4 is 4.90 Å². The zero-order chi connectivity index (χ0) is 18.1. The first kappa shape index (κ1) is 17.0. The molecular weight excluding hydrogens is 338 g/mol. The molecule has 4 heterocycles. The van der Waals surface area contributed by atoms with E-state index in [1.54, 1.807) is 0 Å². The van der Waals surface area contributed by atoms with Crippen molar-refractivity contribution in [3.8, 4) is 0 Å². The van der Waals surface area contributed by atoms with Gasteiger partial charge in [-0.3, -0.25) is 9.80 Å². The summed E-state index contributed by atoms with van der Waals surface area (Å²) in [5.41, 5.74) is 1.18. The maximum absolute atomic E-state index is 4.81. The monoisotopic (exact) mass is 365 g/mol. The molecule has 0 atom stereocenters. The summed E-state index contributed by atoms with van der Waals surface area (Å²) in [6.45, 7) is 7.45. The molecule has 142 valence electrons. The van der Waals surface area contributed by atoms with Gasteiger partial charge in [-0.25, -0.2) is 19.9 Å². The lowest BCUT2D eigenvalue weighted by molar-refractivity contribution is 0.0246. The van der Waals surface area contributed by atoms with Crippen molar-refractivity contribution < 1.29 is 0 Å². The Labute approximate surface area is 160 Å². The fourth-order valence-corrected chi connectivity index (χ4v) is 4.24. The molecule has 0 spiro atoms. The summed E-state index contributed by atoms with van der Waals surface area (Å²) in [5.74, 6) is 2.53. The van der Waals surface area contributed by atoms with E-state index in [0.717, 1.165) is 57.6 Å². The number of anilines is 1. The van der Waals surface area contributed by atoms with Gasteiger partial charge < -0.3 is 4.90 Å². The lowest BCUT2D eigenvalue weighted by atomic mass is 9.85. The zero-order valence-electron chi connectivity index (χ0n) is 15.7. The van der Waals surface area contributed by atoms with Crippen molar-refractivity contribution in [2.45, 2.75) is 37.8 Å². The second kappa shape index (κ2) is 7.48. The highest BCUT2D eigenvalue weighted by Gasteiger charge is 2.34. The second-order valence-electron chi connectivity index (χ2n) is 7.95. The molecule has 0 radical (unpaired) electrons. The van der Waals surface area contributed by atoms with E-state index in [0.29, 0.717) is 12.0 Å². The van der Waals surface area contributed by atoms with Gasteiger partial charge in [0.15, 0.2) is 0 Å². The van der Waals surface area contributed by atoms with Crippen molar-refractivity contribution in [3.05, 3.63) is 42.2 Å². The van der Waals surface area contributed by atoms with E-state index in [1.165, 1.54) is 25.0 Å². The third kappa shape index (κ3) is 3.66. The van der Waals surface area contributed by atoms with Gasteiger partial charge in [0.05, 0.1) is 5.69 Å². The van der Waals surface area contributed by atoms with Crippen LogP contribution in [0.2, 0.25) is 0 Å². The molecule has 0 unspecified atom stereocenters. The lowest BCUT2D eigenvalue weighted by Crippen LogP contribution is -2.62. The summed E-state index contributed by atoms with van der Waals surface area (Å²) in [5, 5.41) is 0. The molecule has 0 bridgehead atoms. The van der Waals surface area contributed by atoms with Crippen LogP contribution in [0.25, 0.3) is 0 Å². The molecule has 5 rings (SSSR count). The van der Waals surface area contributed by atoms with Gasteiger partial charge in [-0.2, -0.15) is 0 Å². The molecule has 0 amide bonds. The molecule has 27 heavy (non-hydrogen) atoms. The number of hydrogen-bond acceptors (Lipinski definition) is 7. The van der Waals surface area contributed by atoms with E-state index in [-0.39, 0.29) is 0 Å². The van der Waals surface area contributed by atoms with Crippen molar-refractivity contribution in [2.75, 3.05) is 44.2 Å². The highest BCUT2D eigenvalue weighted by atomic mass is 15.4. The fourth-order valence-electron chi connectivity index (χ4n) is 4.24. The average Bonchev–Trinajstić information content (AvgIpc) is 2.64. The first-order valence-electron chi connectivity index (χ1n) is 10.2. The van der Waals surface area contributed by atoms with E-state index in [2.05, 4.69) is 35.7 Å². The summed E-state index contributed by atoms with van der Waals surface area (Å²) in [6.07, 6.45) is 9.43. The summed E-state index contributed by atoms with van der Waals surface area (Å²) in [6, 6.07) is 4.63. The summed E-state index contributed by atoms with van der Waals surface area (Å²) < 4.78 is 0. The smallest absolute Gasteiger partial charge is 0.225 e. The number of nitrogens with zero attached hydrogens (tertiary/aromatic N) is 7. The Hall–Kier alpha value is -2.12. The molecule has 3 aliphatic rings. The van der Waals surface area contributed by atoms with Gasteiger partial charge in [-0.15, -0.1) is 0 Å². The number of likely N-dealkylation sites (tertiary alicyclic amines) is 1. The van der Waals surface area contributed by atoms with Gasteiger partial charge in [-0.05, 0) is 25.0 Å². The van der Waals surface area contributed by atoms with Crippen LogP contribution in [0.3, 0.4) is 0 Å². The van der Waals surface area contributed by atoms with E-state index in [9.17, 15) is 0 Å². The van der Waals surface area contributed by atoms with Crippen molar-refractivity contribution in [1.29, 1.82) is 0 Å². The summed E-state index contributed by atoms with van der Waals surface area (Å²) in [7, 11) is 0. The quantitative estimate of drug-likeness (QED) is 0.796. The van der Waals surface area contributed by atoms with Crippen molar-refractivity contribution in [2.24, 2.45) is 0 Å². The van der Waals surface area contributed by atoms with Crippen molar-refractivity contribution in [1.82, 2.24) is 29.7 Å². The Balaban J connectivity index is 1.09. The number of rotatable bonds is 5. The number of hydrogen-bond donors (Lipinski definition) is 0. The first-order chi connectivity index (χ1) is 13.3. The van der Waals surface area contributed by atoms with E-state index in [4.69, 9.17) is 4.98 Å². The minimum Gasteiger partial charge on any atom is -0.338 e. The molecule has 3 fully saturated rings. The highest BCUT2D eigenvalue weighted by Crippen LogP contribution is 2.34. The van der Waals surface area contributed by atoms with Gasteiger partial charge in [0.25, 0.3) is 0 Å². The van der Waals surface area contributed by atoms with Crippen LogP contribution in [0.15, 0.2) is 30.7 Å².